The van der Waals surface area contributed by atoms with Gasteiger partial charge in [-0.05, 0) is 42.3 Å². The van der Waals surface area contributed by atoms with E-state index in [2.05, 4.69) is 4.56 Å². The third-order valence-corrected chi connectivity index (χ3v) is 6.39. The Morgan fingerprint density at radius 3 is 2.38 bits per heavy atom. The number of rotatable bonds is 9. The third-order valence-electron chi connectivity index (χ3n) is 5.71. The van der Waals surface area contributed by atoms with E-state index in [9.17, 15) is 19.2 Å². The fraction of sp³-hybridized carbons (Fsp3) is 0.250. The molecule has 1 fully saturated rings. The zero-order valence-electron chi connectivity index (χ0n) is 21.2. The van der Waals surface area contributed by atoms with Crippen LogP contribution < -0.4 is 4.74 Å². The van der Waals surface area contributed by atoms with Crippen molar-refractivity contribution in [3.63, 3.8) is 0 Å². The molecule has 4 rings (SSSR count). The Hall–Kier alpha value is -3.63. The highest BCUT2D eigenvalue weighted by Gasteiger charge is 2.60. The highest BCUT2D eigenvalue weighted by molar-refractivity contribution is 7.94. The lowest BCUT2D eigenvalue weighted by atomic mass is 9.98. The Balaban J connectivity index is 1.60. The molecular formula is C24H22N2O7S. The lowest BCUT2D eigenvalue weighted by Gasteiger charge is -2.50. The van der Waals surface area contributed by atoms with Crippen LogP contribution in [0.5, 0.6) is 5.75 Å². The molecule has 1 saturated heterocycles. The number of likely N-dealkylation sites (tertiary alicyclic amines) is 1. The number of benzene rings is 2. The summed E-state index contributed by atoms with van der Waals surface area (Å²) < 4.78 is 37.6. The molecule has 10 heteroatoms. The predicted octanol–water partition coefficient (Wildman–Crippen LogP) is 2.72. The fourth-order valence-corrected chi connectivity index (χ4v) is 4.66. The molecule has 0 radical (unpaired) electrons. The maximum Gasteiger partial charge on any atom is 0.333 e. The molecule has 2 aliphatic heterocycles. The molecule has 2 aromatic rings. The number of ether oxygens (including phenoxy) is 2. The number of carbonyl (C=O) groups is 4. The third kappa shape index (κ3) is 3.84. The van der Waals surface area contributed by atoms with Crippen LogP contribution in [0.1, 0.15) is 35.9 Å². The van der Waals surface area contributed by atoms with Crippen LogP contribution in [0.2, 0.25) is 0 Å². The molecule has 3 amide bonds. The van der Waals surface area contributed by atoms with E-state index in [1.807, 2.05) is 0 Å². The second-order valence-electron chi connectivity index (χ2n) is 7.74. The van der Waals surface area contributed by atoms with Gasteiger partial charge < -0.3 is 18.9 Å². The van der Waals surface area contributed by atoms with E-state index in [1.165, 1.54) is 26.2 Å². The zero-order valence-corrected chi connectivity index (χ0v) is 19.0. The van der Waals surface area contributed by atoms with Crippen molar-refractivity contribution >= 4 is 35.7 Å². The van der Waals surface area contributed by atoms with E-state index < -0.39 is 47.7 Å². The number of nitrogens with zero attached hydrogens (tertiary/aromatic N) is 2. The minimum Gasteiger partial charge on any atom is -0.497 e. The van der Waals surface area contributed by atoms with Crippen molar-refractivity contribution in [1.82, 2.24) is 9.80 Å². The quantitative estimate of drug-likeness (QED) is 0.190. The van der Waals surface area contributed by atoms with Crippen molar-refractivity contribution in [1.29, 1.82) is 1.43 Å². The van der Waals surface area contributed by atoms with Crippen LogP contribution in [0.4, 0.5) is 0 Å². The molecule has 0 unspecified atom stereocenters. The fourth-order valence-electron chi connectivity index (χ4n) is 4.00. The van der Waals surface area contributed by atoms with Crippen molar-refractivity contribution in [2.75, 3.05) is 7.11 Å². The van der Waals surface area contributed by atoms with Gasteiger partial charge in [0, 0.05) is 12.0 Å². The number of hydrogen-bond donors (Lipinski definition) is 1. The van der Waals surface area contributed by atoms with Gasteiger partial charge in [0.05, 0.1) is 21.0 Å². The summed E-state index contributed by atoms with van der Waals surface area (Å²) in [5.74, 6) is -2.45. The number of β-lactam (4-membered cyclic amide) rings is 1. The standard InChI is InChI=1S/C24H22N2O7S/c1-13(2)18(24(30)33-12-14-8-10-15(32-3)11-9-14)26-22(29)19(23(26)34-31)25-20(27)16-6-4-5-7-17(16)21(25)28/h4-11,18-19,23,31H,1,12H2,2-3H3/t18-,19+,23+/m1/s1/i1D2/hD. The average molecular weight is 486 g/mol. The van der Waals surface area contributed by atoms with Crippen LogP contribution in [-0.4, -0.2) is 62.6 Å². The number of fused-ring (bicyclic) bond motifs is 1. The van der Waals surface area contributed by atoms with Gasteiger partial charge in [-0.25, -0.2) is 4.79 Å². The van der Waals surface area contributed by atoms with Crippen molar-refractivity contribution < 1.29 is 35.9 Å². The summed E-state index contributed by atoms with van der Waals surface area (Å²) in [6.45, 7) is 0.466. The molecule has 0 spiro atoms. The molecule has 9 nitrogen and oxygen atoms in total. The first-order chi connectivity index (χ1) is 17.7. The van der Waals surface area contributed by atoms with Crippen molar-refractivity contribution in [3.8, 4) is 5.75 Å². The second-order valence-corrected chi connectivity index (χ2v) is 8.42. The van der Waals surface area contributed by atoms with E-state index in [0.717, 1.165) is 9.80 Å². The van der Waals surface area contributed by atoms with Crippen LogP contribution >= 0.6 is 12.0 Å². The number of amides is 3. The summed E-state index contributed by atoms with van der Waals surface area (Å²) in [5, 5.41) is -1.15. The van der Waals surface area contributed by atoms with Crippen LogP contribution in [0.3, 0.4) is 0 Å². The van der Waals surface area contributed by atoms with Gasteiger partial charge in [-0.2, -0.15) is 0 Å². The van der Waals surface area contributed by atoms with Crippen LogP contribution in [-0.2, 0) is 20.9 Å². The Morgan fingerprint density at radius 2 is 1.82 bits per heavy atom. The predicted molar refractivity (Wildman–Crippen MR) is 123 cm³/mol. The number of esters is 1. The Kier molecular flexibility index (Phi) is 5.43. The summed E-state index contributed by atoms with van der Waals surface area (Å²) in [4.78, 5) is 54.2. The maximum absolute atomic E-state index is 13.4. The number of imide groups is 1. The van der Waals surface area contributed by atoms with Gasteiger partial charge in [-0.3, -0.25) is 19.3 Å². The molecule has 0 aromatic heterocycles. The molecule has 2 heterocycles. The lowest BCUT2D eigenvalue weighted by Crippen LogP contribution is -2.73. The molecule has 2 aliphatic rings. The number of methoxy groups -OCH3 is 1. The van der Waals surface area contributed by atoms with E-state index in [1.54, 1.807) is 36.4 Å². The van der Waals surface area contributed by atoms with Gasteiger partial charge in [0.25, 0.3) is 17.7 Å². The van der Waals surface area contributed by atoms with E-state index in [4.69, 9.17) is 13.6 Å². The monoisotopic (exact) mass is 485 g/mol. The molecule has 2 aromatic carbocycles. The largest absolute Gasteiger partial charge is 0.497 e. The molecule has 176 valence electrons. The summed E-state index contributed by atoms with van der Waals surface area (Å²) in [6.07, 6.45) is 0. The number of carbonyl (C=O) groups excluding carboxylic acids is 4. The molecule has 34 heavy (non-hydrogen) atoms. The minimum absolute atomic E-state index is 0.0931. The average Bonchev–Trinajstić information content (AvgIpc) is 3.15. The van der Waals surface area contributed by atoms with Crippen molar-refractivity contribution in [2.45, 2.75) is 31.0 Å². The van der Waals surface area contributed by atoms with Crippen LogP contribution in [0.15, 0.2) is 60.6 Å². The van der Waals surface area contributed by atoms with Gasteiger partial charge in [0.15, 0.2) is 12.1 Å². The van der Waals surface area contributed by atoms with Crippen LogP contribution in [0.25, 0.3) is 1.43 Å². The summed E-state index contributed by atoms with van der Waals surface area (Å²) in [5.41, 5.74) is 0.816. The smallest absolute Gasteiger partial charge is 0.333 e. The highest BCUT2D eigenvalue weighted by Crippen LogP contribution is 2.39. The topological polar surface area (TPSA) is 113 Å². The molecule has 3 atom stereocenters. The van der Waals surface area contributed by atoms with Gasteiger partial charge in [-0.1, -0.05) is 30.8 Å². The van der Waals surface area contributed by atoms with Gasteiger partial charge in [-0.15, -0.1) is 0 Å². The molecule has 0 saturated carbocycles. The SMILES string of the molecule is [2H]OS[C@H]1[C@@H](N2C(=O)c3ccccc3C2=O)C(=O)N1[C@@H](C(=O)OCc1ccc(OC)cc1)C(C)=C([2H])[2H]. The van der Waals surface area contributed by atoms with Crippen molar-refractivity contribution in [3.05, 3.63) is 77.3 Å². The van der Waals surface area contributed by atoms with Gasteiger partial charge in [0.1, 0.15) is 17.7 Å². The molecule has 0 aliphatic carbocycles. The van der Waals surface area contributed by atoms with E-state index in [0.29, 0.717) is 23.4 Å². The molecule has 0 bridgehead atoms. The molecular weight excluding hydrogens is 460 g/mol. The summed E-state index contributed by atoms with van der Waals surface area (Å²) in [6, 6.07) is 10.00. The Morgan fingerprint density at radius 1 is 1.18 bits per heavy atom. The first-order valence-electron chi connectivity index (χ1n) is 11.6. The van der Waals surface area contributed by atoms with Gasteiger partial charge in [0.2, 0.25) is 1.43 Å². The Bertz CT molecular complexity index is 1250. The zero-order chi connectivity index (χ0) is 26.9. The molecule has 1 N–H and O–H groups in total. The second kappa shape index (κ2) is 9.32. The highest BCUT2D eigenvalue weighted by atomic mass is 32.2. The summed E-state index contributed by atoms with van der Waals surface area (Å²) >= 11 is 0.460. The normalized spacial score (nSPS) is 21.1. The first-order valence-corrected chi connectivity index (χ1v) is 11.0. The lowest BCUT2D eigenvalue weighted by molar-refractivity contribution is -0.165. The van der Waals surface area contributed by atoms with E-state index in [-0.39, 0.29) is 23.3 Å². The van der Waals surface area contributed by atoms with Crippen LogP contribution in [0, 0.1) is 0 Å². The summed E-state index contributed by atoms with van der Waals surface area (Å²) in [7, 11) is 1.52. The number of hydrogen-bond acceptors (Lipinski definition) is 8. The maximum atomic E-state index is 13.4. The first kappa shape index (κ1) is 19.8. The minimum atomic E-state index is -1.50. The Labute approximate surface area is 204 Å². The van der Waals surface area contributed by atoms with E-state index >= 15 is 0 Å². The van der Waals surface area contributed by atoms with Crippen molar-refractivity contribution in [2.24, 2.45) is 0 Å². The van der Waals surface area contributed by atoms with Gasteiger partial charge >= 0.3 is 5.97 Å².